The molecule has 0 bridgehead atoms. The van der Waals surface area contributed by atoms with E-state index < -0.39 is 12.0 Å². The number of benzene rings is 3. The van der Waals surface area contributed by atoms with Crippen molar-refractivity contribution in [3.8, 4) is 17.2 Å². The maximum atomic E-state index is 14.0. The summed E-state index contributed by atoms with van der Waals surface area (Å²) < 4.78 is 24.6. The summed E-state index contributed by atoms with van der Waals surface area (Å²) in [5.41, 5.74) is 2.55. The fourth-order valence-electron chi connectivity index (χ4n) is 4.80. The number of hydrogen-bond donors (Lipinski definition) is 0. The lowest BCUT2D eigenvalue weighted by molar-refractivity contribution is -0.139. The van der Waals surface area contributed by atoms with Crippen LogP contribution in [0, 0.1) is 0 Å². The Bertz CT molecular complexity index is 1910. The third-order valence-corrected chi connectivity index (χ3v) is 8.41. The molecule has 0 saturated heterocycles. The summed E-state index contributed by atoms with van der Waals surface area (Å²) in [6.07, 6.45) is 1.77. The summed E-state index contributed by atoms with van der Waals surface area (Å²) in [7, 11) is 3.10. The lowest BCUT2D eigenvalue weighted by atomic mass is 9.95. The predicted octanol–water partition coefficient (Wildman–Crippen LogP) is 5.70. The van der Waals surface area contributed by atoms with Gasteiger partial charge in [0, 0.05) is 21.2 Å². The van der Waals surface area contributed by atoms with Gasteiger partial charge < -0.3 is 18.9 Å². The Morgan fingerprint density at radius 3 is 2.51 bits per heavy atom. The highest BCUT2D eigenvalue weighted by atomic mass is 35.5. The number of carbonyl (C=O) groups is 1. The summed E-state index contributed by atoms with van der Waals surface area (Å²) >= 11 is 13.6. The van der Waals surface area contributed by atoms with Crippen LogP contribution in [0.2, 0.25) is 10.0 Å². The number of para-hydroxylation sites is 1. The molecule has 5 rings (SSSR count). The summed E-state index contributed by atoms with van der Waals surface area (Å²) in [6.45, 7) is 3.82. The van der Waals surface area contributed by atoms with Crippen LogP contribution in [0.4, 0.5) is 0 Å². The van der Waals surface area contributed by atoms with Crippen molar-refractivity contribution in [2.24, 2.45) is 4.99 Å². The number of methoxy groups -OCH3 is 2. The van der Waals surface area contributed by atoms with E-state index in [9.17, 15) is 9.59 Å². The van der Waals surface area contributed by atoms with E-state index in [0.29, 0.717) is 47.9 Å². The Kier molecular flexibility index (Phi) is 9.25. The number of carbonyl (C=O) groups excluding carboxylic acids is 1. The average molecular weight is 640 g/mol. The summed E-state index contributed by atoms with van der Waals surface area (Å²) in [6, 6.07) is 17.1. The van der Waals surface area contributed by atoms with Crippen LogP contribution in [0.15, 0.2) is 81.7 Å². The predicted molar refractivity (Wildman–Crippen MR) is 167 cm³/mol. The van der Waals surface area contributed by atoms with Gasteiger partial charge >= 0.3 is 5.97 Å². The Morgan fingerprint density at radius 2 is 1.79 bits per heavy atom. The van der Waals surface area contributed by atoms with Crippen molar-refractivity contribution in [3.05, 3.63) is 118 Å². The van der Waals surface area contributed by atoms with Gasteiger partial charge in [-0.05, 0) is 55.8 Å². The number of fused-ring (bicyclic) bond motifs is 1. The van der Waals surface area contributed by atoms with Gasteiger partial charge in [0.2, 0.25) is 0 Å². The van der Waals surface area contributed by atoms with E-state index in [0.717, 1.165) is 11.1 Å². The van der Waals surface area contributed by atoms with Crippen LogP contribution in [0.5, 0.6) is 17.2 Å². The monoisotopic (exact) mass is 638 g/mol. The van der Waals surface area contributed by atoms with Crippen molar-refractivity contribution in [1.82, 2.24) is 4.57 Å². The van der Waals surface area contributed by atoms with Crippen LogP contribution in [0.1, 0.15) is 36.6 Å². The second-order valence-corrected chi connectivity index (χ2v) is 11.3. The minimum Gasteiger partial charge on any atom is -0.496 e. The molecule has 8 nitrogen and oxygen atoms in total. The van der Waals surface area contributed by atoms with E-state index >= 15 is 0 Å². The first kappa shape index (κ1) is 30.4. The summed E-state index contributed by atoms with van der Waals surface area (Å²) in [5, 5.41) is 1.01. The number of ether oxygens (including phenoxy) is 4. The quantitative estimate of drug-likeness (QED) is 0.219. The summed E-state index contributed by atoms with van der Waals surface area (Å²) in [4.78, 5) is 32.3. The van der Waals surface area contributed by atoms with Gasteiger partial charge in [-0.1, -0.05) is 64.9 Å². The second-order valence-electron chi connectivity index (χ2n) is 9.48. The molecule has 0 fully saturated rings. The molecular weight excluding hydrogens is 611 g/mol. The summed E-state index contributed by atoms with van der Waals surface area (Å²) in [5.74, 6) is 0.953. The minimum absolute atomic E-state index is 0.171. The van der Waals surface area contributed by atoms with Crippen molar-refractivity contribution >= 4 is 46.6 Å². The Labute approximate surface area is 262 Å². The highest BCUT2D eigenvalue weighted by molar-refractivity contribution is 7.07. The van der Waals surface area contributed by atoms with E-state index in [4.69, 9.17) is 42.1 Å². The van der Waals surface area contributed by atoms with Gasteiger partial charge in [0.05, 0.1) is 42.7 Å². The molecule has 0 N–H and O–H groups in total. The Hall–Kier alpha value is -4.05. The lowest BCUT2D eigenvalue weighted by Crippen LogP contribution is -2.40. The molecule has 0 spiro atoms. The number of hydrogen-bond acceptors (Lipinski definition) is 8. The molecule has 0 unspecified atom stereocenters. The molecule has 1 aliphatic rings. The fourth-order valence-corrected chi connectivity index (χ4v) is 6.30. The third-order valence-electron chi connectivity index (χ3n) is 6.84. The first-order valence-electron chi connectivity index (χ1n) is 13.3. The number of rotatable bonds is 9. The SMILES string of the molecule is CCOC(=O)C1=C(C)N=c2s/c(=C/c3ccccc3OC)c(=O)n2[C@H]1c1ccc(OCc2ccc(Cl)cc2Cl)c(OC)c1. The molecule has 4 aromatic rings. The van der Waals surface area contributed by atoms with Crippen molar-refractivity contribution in [2.75, 3.05) is 20.8 Å². The zero-order valence-electron chi connectivity index (χ0n) is 23.9. The molecule has 1 aliphatic heterocycles. The van der Waals surface area contributed by atoms with Crippen LogP contribution in [0.25, 0.3) is 6.08 Å². The minimum atomic E-state index is -0.816. The molecule has 43 heavy (non-hydrogen) atoms. The van der Waals surface area contributed by atoms with Gasteiger partial charge in [-0.25, -0.2) is 9.79 Å². The normalized spacial score (nSPS) is 14.7. The van der Waals surface area contributed by atoms with Gasteiger partial charge in [0.1, 0.15) is 12.4 Å². The highest BCUT2D eigenvalue weighted by Crippen LogP contribution is 2.37. The molecule has 3 aromatic carbocycles. The smallest absolute Gasteiger partial charge is 0.338 e. The molecule has 0 amide bonds. The number of halogens is 2. The molecule has 0 radical (unpaired) electrons. The molecule has 0 saturated carbocycles. The van der Waals surface area contributed by atoms with E-state index in [1.165, 1.54) is 23.0 Å². The first-order chi connectivity index (χ1) is 20.7. The van der Waals surface area contributed by atoms with Crippen molar-refractivity contribution in [2.45, 2.75) is 26.5 Å². The van der Waals surface area contributed by atoms with Crippen LogP contribution in [-0.2, 0) is 16.1 Å². The van der Waals surface area contributed by atoms with Crippen molar-refractivity contribution < 1.29 is 23.7 Å². The number of aromatic nitrogens is 1. The van der Waals surface area contributed by atoms with Crippen LogP contribution >= 0.6 is 34.5 Å². The van der Waals surface area contributed by atoms with Gasteiger partial charge in [-0.15, -0.1) is 0 Å². The molecule has 1 aromatic heterocycles. The van der Waals surface area contributed by atoms with Gasteiger partial charge in [0.25, 0.3) is 5.56 Å². The zero-order valence-corrected chi connectivity index (χ0v) is 26.2. The molecule has 1 atom stereocenters. The second kappa shape index (κ2) is 13.1. The topological polar surface area (TPSA) is 88.4 Å². The van der Waals surface area contributed by atoms with Crippen LogP contribution in [-0.4, -0.2) is 31.4 Å². The zero-order chi connectivity index (χ0) is 30.7. The highest BCUT2D eigenvalue weighted by Gasteiger charge is 2.34. The molecule has 11 heteroatoms. The molecule has 0 aliphatic carbocycles. The Balaban J connectivity index is 1.61. The molecule has 2 heterocycles. The van der Waals surface area contributed by atoms with Crippen LogP contribution < -0.4 is 29.1 Å². The van der Waals surface area contributed by atoms with Gasteiger partial charge in [-0.2, -0.15) is 0 Å². The largest absolute Gasteiger partial charge is 0.496 e. The molecular formula is C32H28Cl2N2O6S. The van der Waals surface area contributed by atoms with Gasteiger partial charge in [-0.3, -0.25) is 9.36 Å². The maximum Gasteiger partial charge on any atom is 0.338 e. The standard InChI is InChI=1S/C32H28Cl2N2O6S/c1-5-41-31(38)28-18(2)35-32-36(30(37)27(43-32)15-19-8-6-7-9-24(19)39-3)29(28)20-11-13-25(26(14-20)40-4)42-17-21-10-12-22(33)16-23(21)34/h6-16,29H,5,17H2,1-4H3/b27-15+/t29-/m0/s1. The van der Waals surface area contributed by atoms with E-state index in [1.807, 2.05) is 24.3 Å². The maximum absolute atomic E-state index is 14.0. The number of allylic oxidation sites excluding steroid dienone is 1. The van der Waals surface area contributed by atoms with Crippen molar-refractivity contribution in [3.63, 3.8) is 0 Å². The molecule has 222 valence electrons. The first-order valence-corrected chi connectivity index (χ1v) is 14.9. The van der Waals surface area contributed by atoms with E-state index in [1.54, 1.807) is 63.4 Å². The van der Waals surface area contributed by atoms with Crippen LogP contribution in [0.3, 0.4) is 0 Å². The lowest BCUT2D eigenvalue weighted by Gasteiger charge is -2.25. The van der Waals surface area contributed by atoms with Gasteiger partial charge in [0.15, 0.2) is 16.3 Å². The average Bonchev–Trinajstić information content (AvgIpc) is 3.30. The third kappa shape index (κ3) is 6.20. The number of nitrogens with zero attached hydrogens (tertiary/aromatic N) is 2. The Morgan fingerprint density at radius 1 is 1.02 bits per heavy atom. The van der Waals surface area contributed by atoms with E-state index in [2.05, 4.69) is 4.99 Å². The van der Waals surface area contributed by atoms with E-state index in [-0.39, 0.29) is 24.3 Å². The fraction of sp³-hybridized carbons (Fsp3) is 0.219. The number of thiazole rings is 1. The number of esters is 1. The van der Waals surface area contributed by atoms with Crippen molar-refractivity contribution in [1.29, 1.82) is 0 Å².